The Hall–Kier alpha value is -0.610. The van der Waals surface area contributed by atoms with Crippen LogP contribution in [0, 0.1) is 0 Å². The lowest BCUT2D eigenvalue weighted by Gasteiger charge is -2.27. The van der Waals surface area contributed by atoms with Crippen LogP contribution in [0.4, 0.5) is 0 Å². The smallest absolute Gasteiger partial charge is 0.326 e. The normalized spacial score (nSPS) is 26.7. The third kappa shape index (κ3) is 3.19. The van der Waals surface area contributed by atoms with Crippen LogP contribution in [-0.4, -0.2) is 37.4 Å². The first-order chi connectivity index (χ1) is 7.64. The van der Waals surface area contributed by atoms with Crippen LogP contribution in [0.2, 0.25) is 0 Å². The van der Waals surface area contributed by atoms with Crippen molar-refractivity contribution >= 4 is 5.97 Å². The predicted octanol–water partition coefficient (Wildman–Crippen LogP) is 1.49. The molecular weight excluding hydrogens is 206 g/mol. The van der Waals surface area contributed by atoms with Gasteiger partial charge in [0.1, 0.15) is 11.6 Å². The van der Waals surface area contributed by atoms with Gasteiger partial charge in [0.2, 0.25) is 0 Å². The topological polar surface area (TPSA) is 47.6 Å². The highest BCUT2D eigenvalue weighted by molar-refractivity contribution is 5.81. The molecule has 1 saturated heterocycles. The van der Waals surface area contributed by atoms with E-state index < -0.39 is 5.54 Å². The van der Waals surface area contributed by atoms with E-state index in [1.807, 2.05) is 20.8 Å². The fraction of sp³-hybridized carbons (Fsp3) is 0.917. The Kier molecular flexibility index (Phi) is 5.22. The molecule has 4 nitrogen and oxygen atoms in total. The minimum absolute atomic E-state index is 0.125. The maximum Gasteiger partial charge on any atom is 0.326 e. The van der Waals surface area contributed by atoms with Gasteiger partial charge in [-0.25, -0.2) is 0 Å². The second-order valence-electron chi connectivity index (χ2n) is 4.34. The van der Waals surface area contributed by atoms with Gasteiger partial charge >= 0.3 is 5.97 Å². The Labute approximate surface area is 97.7 Å². The highest BCUT2D eigenvalue weighted by atomic mass is 16.6. The van der Waals surface area contributed by atoms with Gasteiger partial charge in [0.15, 0.2) is 0 Å². The van der Waals surface area contributed by atoms with Crippen molar-refractivity contribution in [2.75, 3.05) is 19.8 Å². The Morgan fingerprint density at radius 1 is 1.50 bits per heavy atom. The van der Waals surface area contributed by atoms with Crippen LogP contribution in [-0.2, 0) is 14.3 Å². The molecule has 4 heteroatoms. The average molecular weight is 229 g/mol. The van der Waals surface area contributed by atoms with E-state index in [9.17, 15) is 4.79 Å². The van der Waals surface area contributed by atoms with E-state index in [1.54, 1.807) is 0 Å². The van der Waals surface area contributed by atoms with E-state index in [-0.39, 0.29) is 12.1 Å². The molecule has 0 bridgehead atoms. The molecule has 1 aliphatic heterocycles. The van der Waals surface area contributed by atoms with Gasteiger partial charge in [-0.3, -0.25) is 4.79 Å². The second kappa shape index (κ2) is 6.21. The van der Waals surface area contributed by atoms with Crippen molar-refractivity contribution in [3.63, 3.8) is 0 Å². The molecule has 0 spiro atoms. The molecular formula is C12H23NO3. The summed E-state index contributed by atoms with van der Waals surface area (Å²) in [5.41, 5.74) is -0.444. The molecule has 0 aromatic heterocycles. The van der Waals surface area contributed by atoms with Crippen LogP contribution in [0.1, 0.15) is 40.0 Å². The largest absolute Gasteiger partial charge is 0.459 e. The van der Waals surface area contributed by atoms with Crippen molar-refractivity contribution in [1.82, 2.24) is 5.32 Å². The van der Waals surface area contributed by atoms with Gasteiger partial charge in [-0.2, -0.15) is 0 Å². The first-order valence-electron chi connectivity index (χ1n) is 6.18. The third-order valence-corrected chi connectivity index (χ3v) is 3.10. The van der Waals surface area contributed by atoms with Crippen LogP contribution in [0.5, 0.6) is 0 Å². The summed E-state index contributed by atoms with van der Waals surface area (Å²) in [4.78, 5) is 12.0. The van der Waals surface area contributed by atoms with E-state index >= 15 is 0 Å². The van der Waals surface area contributed by atoms with E-state index in [2.05, 4.69) is 5.32 Å². The van der Waals surface area contributed by atoms with Crippen LogP contribution in [0.3, 0.4) is 0 Å². The summed E-state index contributed by atoms with van der Waals surface area (Å²) in [5.74, 6) is -0.125. The number of carbonyl (C=O) groups is 1. The molecule has 94 valence electrons. The molecule has 0 aromatic carbocycles. The number of hydrogen-bond acceptors (Lipinski definition) is 4. The zero-order valence-electron chi connectivity index (χ0n) is 10.5. The fourth-order valence-electron chi connectivity index (χ4n) is 2.04. The Morgan fingerprint density at radius 3 is 2.75 bits per heavy atom. The van der Waals surface area contributed by atoms with Gasteiger partial charge < -0.3 is 14.8 Å². The zero-order chi connectivity index (χ0) is 12.0. The lowest BCUT2D eigenvalue weighted by atomic mass is 9.94. The predicted molar refractivity (Wildman–Crippen MR) is 62.3 cm³/mol. The minimum atomic E-state index is -0.444. The molecule has 0 aliphatic carbocycles. The zero-order valence-corrected chi connectivity index (χ0v) is 10.5. The van der Waals surface area contributed by atoms with Crippen molar-refractivity contribution in [2.45, 2.75) is 51.7 Å². The second-order valence-corrected chi connectivity index (χ2v) is 4.34. The van der Waals surface area contributed by atoms with Gasteiger partial charge in [-0.05, 0) is 39.7 Å². The molecule has 2 unspecified atom stereocenters. The van der Waals surface area contributed by atoms with Crippen molar-refractivity contribution in [3.8, 4) is 0 Å². The number of ether oxygens (including phenoxy) is 2. The molecule has 1 rings (SSSR count). The van der Waals surface area contributed by atoms with E-state index in [4.69, 9.17) is 9.47 Å². The summed E-state index contributed by atoms with van der Waals surface area (Å²) < 4.78 is 10.6. The Morgan fingerprint density at radius 2 is 2.25 bits per heavy atom. The number of nitrogens with one attached hydrogen (secondary N) is 1. The summed E-state index contributed by atoms with van der Waals surface area (Å²) in [7, 11) is 0. The Bertz CT molecular complexity index is 224. The summed E-state index contributed by atoms with van der Waals surface area (Å²) in [5, 5.41) is 3.27. The highest BCUT2D eigenvalue weighted by Gasteiger charge is 2.41. The standard InChI is InChI=1S/C12H23NO3/c1-4-12(7-6-8-13-12)11(14)16-10(3)9-15-5-2/h10,13H,4-9H2,1-3H3. The first-order valence-corrected chi connectivity index (χ1v) is 6.18. The maximum atomic E-state index is 12.0. The molecule has 0 aromatic rings. The maximum absolute atomic E-state index is 12.0. The van der Waals surface area contributed by atoms with Crippen LogP contribution >= 0.6 is 0 Å². The molecule has 2 atom stereocenters. The molecule has 0 radical (unpaired) electrons. The van der Waals surface area contributed by atoms with Crippen LogP contribution < -0.4 is 5.32 Å². The molecule has 0 amide bonds. The number of carbonyl (C=O) groups excluding carboxylic acids is 1. The monoisotopic (exact) mass is 229 g/mol. The van der Waals surface area contributed by atoms with Crippen molar-refractivity contribution in [2.24, 2.45) is 0 Å². The van der Waals surface area contributed by atoms with Gasteiger partial charge in [-0.15, -0.1) is 0 Å². The van der Waals surface area contributed by atoms with Crippen molar-refractivity contribution in [3.05, 3.63) is 0 Å². The molecule has 0 saturated carbocycles. The fourth-order valence-corrected chi connectivity index (χ4v) is 2.04. The first kappa shape index (κ1) is 13.5. The molecule has 1 heterocycles. The number of esters is 1. The van der Waals surface area contributed by atoms with Gasteiger partial charge in [0.05, 0.1) is 6.61 Å². The Balaban J connectivity index is 2.43. The molecule has 1 N–H and O–H groups in total. The quantitative estimate of drug-likeness (QED) is 0.701. The average Bonchev–Trinajstić information content (AvgIpc) is 2.76. The SMILES string of the molecule is CCOCC(C)OC(=O)C1(CC)CCCN1. The summed E-state index contributed by atoms with van der Waals surface area (Å²) in [6.45, 7) is 7.85. The lowest BCUT2D eigenvalue weighted by Crippen LogP contribution is -2.49. The molecule has 1 aliphatic rings. The van der Waals surface area contributed by atoms with Gasteiger partial charge in [0.25, 0.3) is 0 Å². The number of rotatable bonds is 6. The van der Waals surface area contributed by atoms with E-state index in [1.165, 1.54) is 0 Å². The molecule has 16 heavy (non-hydrogen) atoms. The third-order valence-electron chi connectivity index (χ3n) is 3.10. The summed E-state index contributed by atoms with van der Waals surface area (Å²) in [6.07, 6.45) is 2.54. The van der Waals surface area contributed by atoms with Crippen LogP contribution in [0.15, 0.2) is 0 Å². The number of hydrogen-bond donors (Lipinski definition) is 1. The summed E-state index contributed by atoms with van der Waals surface area (Å²) >= 11 is 0. The van der Waals surface area contributed by atoms with E-state index in [0.29, 0.717) is 13.2 Å². The molecule has 1 fully saturated rings. The highest BCUT2D eigenvalue weighted by Crippen LogP contribution is 2.24. The van der Waals surface area contributed by atoms with Gasteiger partial charge in [0, 0.05) is 6.61 Å². The van der Waals surface area contributed by atoms with Crippen molar-refractivity contribution in [1.29, 1.82) is 0 Å². The summed E-state index contributed by atoms with van der Waals surface area (Å²) in [6, 6.07) is 0. The minimum Gasteiger partial charge on any atom is -0.459 e. The van der Waals surface area contributed by atoms with Crippen LogP contribution in [0.25, 0.3) is 0 Å². The van der Waals surface area contributed by atoms with Crippen molar-refractivity contribution < 1.29 is 14.3 Å². The van der Waals surface area contributed by atoms with Gasteiger partial charge in [-0.1, -0.05) is 6.92 Å². The lowest BCUT2D eigenvalue weighted by molar-refractivity contribution is -0.158. The van der Waals surface area contributed by atoms with E-state index in [0.717, 1.165) is 25.8 Å².